The fraction of sp³-hybridized carbons (Fsp3) is 0.517. The van der Waals surface area contributed by atoms with Gasteiger partial charge in [-0.1, -0.05) is 32.9 Å². The van der Waals surface area contributed by atoms with Crippen LogP contribution >= 0.6 is 0 Å². The van der Waals surface area contributed by atoms with Crippen molar-refractivity contribution in [3.8, 4) is 5.88 Å². The molecule has 1 spiro atoms. The van der Waals surface area contributed by atoms with Crippen LogP contribution in [0, 0.1) is 11.2 Å². The summed E-state index contributed by atoms with van der Waals surface area (Å²) >= 11 is 0. The molecule has 3 N–H and O–H groups in total. The largest absolute Gasteiger partial charge is 0.471 e. The molecule has 7 heteroatoms. The lowest BCUT2D eigenvalue weighted by atomic mass is 9.73. The average molecular weight is 496 g/mol. The van der Waals surface area contributed by atoms with E-state index >= 15 is 0 Å². The number of amides is 1. The molecule has 36 heavy (non-hydrogen) atoms. The molecule has 0 bridgehead atoms. The minimum atomic E-state index is -0.866. The first-order chi connectivity index (χ1) is 17.1. The lowest BCUT2D eigenvalue weighted by Gasteiger charge is -2.47. The van der Waals surface area contributed by atoms with Crippen LogP contribution in [0.4, 0.5) is 4.39 Å². The summed E-state index contributed by atoms with van der Waals surface area (Å²) in [7, 11) is 0. The summed E-state index contributed by atoms with van der Waals surface area (Å²) in [4.78, 5) is 17.3. The summed E-state index contributed by atoms with van der Waals surface area (Å²) in [6.07, 6.45) is 7.95. The van der Waals surface area contributed by atoms with Crippen molar-refractivity contribution in [2.75, 3.05) is 6.54 Å². The number of hydrogen-bond donors (Lipinski definition) is 3. The second kappa shape index (κ2) is 10.7. The molecule has 0 saturated heterocycles. The van der Waals surface area contributed by atoms with Crippen molar-refractivity contribution in [1.82, 2.24) is 15.6 Å². The Kier molecular flexibility index (Phi) is 7.81. The van der Waals surface area contributed by atoms with Gasteiger partial charge in [-0.3, -0.25) is 4.79 Å². The van der Waals surface area contributed by atoms with Crippen LogP contribution in [0.3, 0.4) is 0 Å². The summed E-state index contributed by atoms with van der Waals surface area (Å²) in [5, 5.41) is 17.4. The number of halogens is 1. The molecule has 1 aliphatic heterocycles. The normalized spacial score (nSPS) is 20.0. The Morgan fingerprint density at radius 2 is 2.14 bits per heavy atom. The number of aliphatic hydroxyl groups is 1. The maximum atomic E-state index is 13.6. The third-order valence-corrected chi connectivity index (χ3v) is 7.06. The second-order valence-corrected chi connectivity index (χ2v) is 11.5. The number of pyridine rings is 1. The summed E-state index contributed by atoms with van der Waals surface area (Å²) in [5.41, 5.74) is 2.34. The Morgan fingerprint density at radius 3 is 2.78 bits per heavy atom. The van der Waals surface area contributed by atoms with Crippen LogP contribution in [0.1, 0.15) is 80.4 Å². The van der Waals surface area contributed by atoms with Gasteiger partial charge < -0.3 is 20.5 Å². The van der Waals surface area contributed by atoms with Crippen LogP contribution < -0.4 is 15.4 Å². The SMILES string of the molecule is C=CC[C@H](NC(=O)c1cccc(F)c1)[C@H](O)CN[C@H]1CC2(CCC2)Oc2ncc(CC(C)(C)C)cc21. The predicted molar refractivity (Wildman–Crippen MR) is 138 cm³/mol. The molecule has 1 aromatic heterocycles. The van der Waals surface area contributed by atoms with Crippen LogP contribution in [0.25, 0.3) is 0 Å². The third kappa shape index (κ3) is 6.31. The molecular formula is C29H38FN3O3. The molecule has 1 aromatic carbocycles. The van der Waals surface area contributed by atoms with E-state index in [4.69, 9.17) is 4.74 Å². The first-order valence-corrected chi connectivity index (χ1v) is 12.8. The molecule has 0 unspecified atom stereocenters. The van der Waals surface area contributed by atoms with Crippen LogP contribution in [0.2, 0.25) is 0 Å². The number of aromatic nitrogens is 1. The number of benzene rings is 1. The van der Waals surface area contributed by atoms with Crippen LogP contribution in [-0.2, 0) is 6.42 Å². The number of nitrogens with one attached hydrogen (secondary N) is 2. The van der Waals surface area contributed by atoms with Gasteiger partial charge in [-0.05, 0) is 67.3 Å². The summed E-state index contributed by atoms with van der Waals surface area (Å²) < 4.78 is 19.9. The van der Waals surface area contributed by atoms with E-state index in [-0.39, 0.29) is 29.2 Å². The number of ether oxygens (including phenoxy) is 1. The summed E-state index contributed by atoms with van der Waals surface area (Å²) in [5.74, 6) is -0.235. The number of fused-ring (bicyclic) bond motifs is 1. The van der Waals surface area contributed by atoms with Crippen molar-refractivity contribution < 1.29 is 19.0 Å². The molecule has 1 aliphatic carbocycles. The molecule has 3 atom stereocenters. The van der Waals surface area contributed by atoms with Gasteiger partial charge in [-0.2, -0.15) is 0 Å². The van der Waals surface area contributed by atoms with Crippen molar-refractivity contribution >= 4 is 5.91 Å². The summed E-state index contributed by atoms with van der Waals surface area (Å²) in [6.45, 7) is 10.6. The number of rotatable bonds is 9. The topological polar surface area (TPSA) is 83.5 Å². The van der Waals surface area contributed by atoms with Crippen molar-refractivity contribution in [3.63, 3.8) is 0 Å². The van der Waals surface area contributed by atoms with E-state index in [0.29, 0.717) is 12.3 Å². The lowest BCUT2D eigenvalue weighted by Crippen LogP contribution is -2.52. The number of nitrogens with zero attached hydrogens (tertiary/aromatic N) is 1. The molecule has 4 rings (SSSR count). The lowest BCUT2D eigenvalue weighted by molar-refractivity contribution is -0.0420. The van der Waals surface area contributed by atoms with E-state index in [1.54, 1.807) is 12.1 Å². The Labute approximate surface area is 213 Å². The zero-order chi connectivity index (χ0) is 25.9. The molecule has 6 nitrogen and oxygen atoms in total. The van der Waals surface area contributed by atoms with Crippen LogP contribution in [0.5, 0.6) is 5.88 Å². The number of carbonyl (C=O) groups is 1. The maximum Gasteiger partial charge on any atom is 0.251 e. The first kappa shape index (κ1) is 26.3. The van der Waals surface area contributed by atoms with Gasteiger partial charge in [0.1, 0.15) is 11.4 Å². The number of carbonyl (C=O) groups excluding carboxylic acids is 1. The Hall–Kier alpha value is -2.77. The molecule has 2 heterocycles. The van der Waals surface area contributed by atoms with Gasteiger partial charge in [0.15, 0.2) is 0 Å². The van der Waals surface area contributed by atoms with Gasteiger partial charge in [0, 0.05) is 36.3 Å². The monoisotopic (exact) mass is 495 g/mol. The highest BCUT2D eigenvalue weighted by Crippen LogP contribution is 2.48. The van der Waals surface area contributed by atoms with Gasteiger partial charge in [0.25, 0.3) is 5.91 Å². The zero-order valence-electron chi connectivity index (χ0n) is 21.5. The molecule has 0 radical (unpaired) electrons. The first-order valence-electron chi connectivity index (χ1n) is 12.8. The van der Waals surface area contributed by atoms with E-state index < -0.39 is 23.9 Å². The molecule has 1 amide bonds. The summed E-state index contributed by atoms with van der Waals surface area (Å²) in [6, 6.07) is 7.12. The standard InChI is InChI=1S/C29H38FN3O3/c1-5-8-23(33-26(35)20-9-6-10-21(30)14-20)25(34)18-31-24-16-29(11-7-12-29)36-27-22(24)13-19(17-32-27)15-28(2,3)4/h5-6,9-10,13-14,17,23-25,31,34H,1,7-8,11-12,15-16,18H2,2-4H3,(H,33,35)/t23-,24-,25+/m0/s1. The fourth-order valence-electron chi connectivity index (χ4n) is 5.13. The molecule has 1 saturated carbocycles. The Balaban J connectivity index is 1.47. The molecular weight excluding hydrogens is 457 g/mol. The Morgan fingerprint density at radius 1 is 1.36 bits per heavy atom. The number of aliphatic hydroxyl groups excluding tert-OH is 1. The average Bonchev–Trinajstić information content (AvgIpc) is 2.80. The zero-order valence-corrected chi connectivity index (χ0v) is 21.5. The van der Waals surface area contributed by atoms with E-state index in [9.17, 15) is 14.3 Å². The maximum absolute atomic E-state index is 13.6. The highest BCUT2D eigenvalue weighted by atomic mass is 19.1. The van der Waals surface area contributed by atoms with E-state index in [1.807, 2.05) is 6.20 Å². The van der Waals surface area contributed by atoms with Crippen LogP contribution in [-0.4, -0.2) is 40.3 Å². The predicted octanol–water partition coefficient (Wildman–Crippen LogP) is 4.88. The van der Waals surface area contributed by atoms with Crippen molar-refractivity contribution in [3.05, 3.63) is 71.7 Å². The van der Waals surface area contributed by atoms with Crippen molar-refractivity contribution in [2.24, 2.45) is 5.41 Å². The van der Waals surface area contributed by atoms with E-state index in [0.717, 1.165) is 43.2 Å². The molecule has 2 aliphatic rings. The van der Waals surface area contributed by atoms with Gasteiger partial charge in [-0.15, -0.1) is 6.58 Å². The van der Waals surface area contributed by atoms with Crippen molar-refractivity contribution in [2.45, 2.75) is 83.1 Å². The minimum Gasteiger partial charge on any atom is -0.471 e. The molecule has 1 fully saturated rings. The van der Waals surface area contributed by atoms with Gasteiger partial charge in [-0.25, -0.2) is 9.37 Å². The minimum absolute atomic E-state index is 0.0144. The van der Waals surface area contributed by atoms with Gasteiger partial charge in [0.2, 0.25) is 5.88 Å². The third-order valence-electron chi connectivity index (χ3n) is 7.06. The van der Waals surface area contributed by atoms with Crippen molar-refractivity contribution in [1.29, 1.82) is 0 Å². The fourth-order valence-corrected chi connectivity index (χ4v) is 5.13. The van der Waals surface area contributed by atoms with Crippen LogP contribution in [0.15, 0.2) is 49.2 Å². The quantitative estimate of drug-likeness (QED) is 0.432. The Bertz CT molecular complexity index is 1090. The van der Waals surface area contributed by atoms with Gasteiger partial charge in [0.05, 0.1) is 12.1 Å². The molecule has 2 aromatic rings. The molecule has 194 valence electrons. The van der Waals surface area contributed by atoms with E-state index in [2.05, 4.69) is 49.0 Å². The highest BCUT2D eigenvalue weighted by Gasteiger charge is 2.46. The second-order valence-electron chi connectivity index (χ2n) is 11.5. The number of hydrogen-bond acceptors (Lipinski definition) is 5. The van der Waals surface area contributed by atoms with E-state index in [1.165, 1.54) is 18.2 Å². The highest BCUT2D eigenvalue weighted by molar-refractivity contribution is 5.94. The smallest absolute Gasteiger partial charge is 0.251 e. The van der Waals surface area contributed by atoms with Gasteiger partial charge >= 0.3 is 0 Å².